The van der Waals surface area contributed by atoms with Crippen LogP contribution in [0, 0.1) is 0 Å². The van der Waals surface area contributed by atoms with Crippen LogP contribution in [0.2, 0.25) is 0 Å². The summed E-state index contributed by atoms with van der Waals surface area (Å²) in [5.41, 5.74) is 8.38. The number of para-hydroxylation sites is 1. The summed E-state index contributed by atoms with van der Waals surface area (Å²) >= 11 is 1.92. The highest BCUT2D eigenvalue weighted by Gasteiger charge is 2.41. The van der Waals surface area contributed by atoms with Crippen molar-refractivity contribution in [1.29, 1.82) is 0 Å². The third kappa shape index (κ3) is 4.57. The molecule has 232 valence electrons. The fraction of sp³-hybridized carbons (Fsp3) is 0.0682. The Balaban J connectivity index is 1.07. The van der Waals surface area contributed by atoms with Crippen LogP contribution in [-0.2, 0) is 5.41 Å². The van der Waals surface area contributed by atoms with E-state index in [0.717, 1.165) is 60.5 Å². The summed E-state index contributed by atoms with van der Waals surface area (Å²) < 4.78 is 6.17. The molecule has 2 aliphatic rings. The molecule has 0 amide bonds. The van der Waals surface area contributed by atoms with Gasteiger partial charge in [-0.15, -0.1) is 11.8 Å². The average molecular weight is 648 g/mol. The molecule has 0 saturated heterocycles. The average Bonchev–Trinajstić information content (AvgIpc) is 3.69. The summed E-state index contributed by atoms with van der Waals surface area (Å²) in [4.78, 5) is 16.4. The van der Waals surface area contributed by atoms with E-state index in [1.54, 1.807) is 0 Å². The maximum atomic E-state index is 6.17. The van der Waals surface area contributed by atoms with Crippen LogP contribution in [0.5, 0.6) is 0 Å². The molecule has 8 aromatic rings. The Kier molecular flexibility index (Phi) is 6.27. The summed E-state index contributed by atoms with van der Waals surface area (Å²) in [6.45, 7) is 2.33. The van der Waals surface area contributed by atoms with Gasteiger partial charge in [-0.2, -0.15) is 0 Å². The highest BCUT2D eigenvalue weighted by molar-refractivity contribution is 8.00. The molecule has 0 radical (unpaired) electrons. The monoisotopic (exact) mass is 647 g/mol. The van der Waals surface area contributed by atoms with E-state index in [9.17, 15) is 0 Å². The first-order valence-corrected chi connectivity index (χ1v) is 17.4. The van der Waals surface area contributed by atoms with E-state index in [1.165, 1.54) is 10.5 Å². The smallest absolute Gasteiger partial charge is 0.164 e. The Morgan fingerprint density at radius 2 is 1.27 bits per heavy atom. The van der Waals surface area contributed by atoms with Crippen molar-refractivity contribution in [3.63, 3.8) is 0 Å². The number of rotatable bonds is 4. The topological polar surface area (TPSA) is 51.8 Å². The van der Waals surface area contributed by atoms with Crippen molar-refractivity contribution >= 4 is 44.5 Å². The van der Waals surface area contributed by atoms with E-state index in [2.05, 4.69) is 122 Å². The SMILES string of the molecule is CC12C=CC=CC1Sc1cc(-c3nc(-c4ccccc4)nc(-c4ccc5cc(-c6cccc7oc8ccccc8c67)ccc5c4)n3)ccc12. The number of aromatic nitrogens is 3. The van der Waals surface area contributed by atoms with Crippen molar-refractivity contribution in [3.8, 4) is 45.3 Å². The molecule has 2 atom stereocenters. The Morgan fingerprint density at radius 3 is 2.10 bits per heavy atom. The van der Waals surface area contributed by atoms with E-state index >= 15 is 0 Å². The van der Waals surface area contributed by atoms with E-state index in [-0.39, 0.29) is 5.41 Å². The zero-order chi connectivity index (χ0) is 32.5. The molecule has 0 spiro atoms. The second-order valence-electron chi connectivity index (χ2n) is 13.0. The maximum Gasteiger partial charge on any atom is 0.164 e. The van der Waals surface area contributed by atoms with Gasteiger partial charge in [0.2, 0.25) is 0 Å². The van der Waals surface area contributed by atoms with Crippen LogP contribution in [0.3, 0.4) is 0 Å². The van der Waals surface area contributed by atoms with Crippen molar-refractivity contribution in [2.75, 3.05) is 0 Å². The van der Waals surface area contributed by atoms with E-state index < -0.39 is 0 Å². The zero-order valence-corrected chi connectivity index (χ0v) is 27.5. The van der Waals surface area contributed by atoms with Gasteiger partial charge >= 0.3 is 0 Å². The molecular formula is C44H29N3OS. The number of furan rings is 1. The molecule has 10 rings (SSSR count). The fourth-order valence-corrected chi connectivity index (χ4v) is 8.88. The standard InChI is InChI=1S/C44H29N3OS/c1-44-23-8-7-16-39(44)49-38-26-32(21-22-35(38)44)43-46-41(27-10-3-2-4-11-27)45-42(47-43)31-20-18-28-24-30(19-17-29(28)25-31)33-13-9-15-37-40(33)34-12-5-6-14-36(34)48-37/h2-26,39H,1H3. The first-order chi connectivity index (χ1) is 24.1. The predicted molar refractivity (Wildman–Crippen MR) is 202 cm³/mol. The Hall–Kier alpha value is -5.78. The Labute approximate surface area is 287 Å². The van der Waals surface area contributed by atoms with E-state index in [1.807, 2.05) is 48.2 Å². The van der Waals surface area contributed by atoms with Crippen molar-refractivity contribution in [3.05, 3.63) is 157 Å². The highest BCUT2D eigenvalue weighted by atomic mass is 32.2. The number of hydrogen-bond acceptors (Lipinski definition) is 5. The summed E-state index contributed by atoms with van der Waals surface area (Å²) in [5.74, 6) is 1.99. The summed E-state index contributed by atoms with van der Waals surface area (Å²) in [6, 6.07) is 44.5. The number of hydrogen-bond donors (Lipinski definition) is 0. The van der Waals surface area contributed by atoms with Crippen molar-refractivity contribution in [2.45, 2.75) is 22.5 Å². The minimum absolute atomic E-state index is 0.00345. The van der Waals surface area contributed by atoms with Crippen LogP contribution in [0.25, 0.3) is 78.0 Å². The van der Waals surface area contributed by atoms with Crippen LogP contribution in [-0.4, -0.2) is 20.2 Å². The van der Waals surface area contributed by atoms with Gasteiger partial charge in [-0.1, -0.05) is 128 Å². The number of benzene rings is 6. The first-order valence-electron chi connectivity index (χ1n) is 16.5. The van der Waals surface area contributed by atoms with Crippen molar-refractivity contribution in [1.82, 2.24) is 15.0 Å². The molecule has 3 heterocycles. The minimum Gasteiger partial charge on any atom is -0.456 e. The molecule has 2 aromatic heterocycles. The molecule has 0 saturated carbocycles. The van der Waals surface area contributed by atoms with Crippen LogP contribution in [0.4, 0.5) is 0 Å². The molecule has 4 nitrogen and oxygen atoms in total. The third-order valence-electron chi connectivity index (χ3n) is 9.98. The molecule has 1 aliphatic heterocycles. The van der Waals surface area contributed by atoms with Gasteiger partial charge < -0.3 is 4.42 Å². The minimum atomic E-state index is -0.00345. The largest absolute Gasteiger partial charge is 0.456 e. The fourth-order valence-electron chi connectivity index (χ4n) is 7.38. The van der Waals surface area contributed by atoms with Gasteiger partial charge in [0.25, 0.3) is 0 Å². The quantitative estimate of drug-likeness (QED) is 0.190. The third-order valence-corrected chi connectivity index (χ3v) is 11.5. The lowest BCUT2D eigenvalue weighted by Crippen LogP contribution is -2.28. The number of fused-ring (bicyclic) bond motifs is 7. The second kappa shape index (κ2) is 10.9. The molecule has 0 bridgehead atoms. The Bertz CT molecular complexity index is 2670. The van der Waals surface area contributed by atoms with Crippen LogP contribution >= 0.6 is 11.8 Å². The number of nitrogens with zero attached hydrogens (tertiary/aromatic N) is 3. The lowest BCUT2D eigenvalue weighted by molar-refractivity contribution is 0.620. The van der Waals surface area contributed by atoms with Crippen LogP contribution in [0.1, 0.15) is 12.5 Å². The van der Waals surface area contributed by atoms with E-state index in [4.69, 9.17) is 19.4 Å². The van der Waals surface area contributed by atoms with Crippen LogP contribution in [0.15, 0.2) is 161 Å². The van der Waals surface area contributed by atoms with Gasteiger partial charge in [0.05, 0.1) is 0 Å². The zero-order valence-electron chi connectivity index (χ0n) is 26.7. The highest BCUT2D eigenvalue weighted by Crippen LogP contribution is 2.52. The lowest BCUT2D eigenvalue weighted by Gasteiger charge is -2.28. The lowest BCUT2D eigenvalue weighted by atomic mass is 9.77. The molecule has 6 aromatic carbocycles. The number of allylic oxidation sites excluding steroid dienone is 3. The van der Waals surface area contributed by atoms with Gasteiger partial charge in [-0.25, -0.2) is 15.0 Å². The predicted octanol–water partition coefficient (Wildman–Crippen LogP) is 11.5. The van der Waals surface area contributed by atoms with Crippen LogP contribution < -0.4 is 0 Å². The molecule has 2 unspecified atom stereocenters. The maximum absolute atomic E-state index is 6.17. The molecule has 49 heavy (non-hydrogen) atoms. The van der Waals surface area contributed by atoms with Gasteiger partial charge in [0.15, 0.2) is 17.5 Å². The molecule has 5 heteroatoms. The van der Waals surface area contributed by atoms with Gasteiger partial charge in [0, 0.05) is 43.0 Å². The summed E-state index contributed by atoms with van der Waals surface area (Å²) in [6.07, 6.45) is 8.95. The van der Waals surface area contributed by atoms with Gasteiger partial charge in [-0.05, 0) is 57.8 Å². The molecule has 1 aliphatic carbocycles. The second-order valence-corrected chi connectivity index (χ2v) is 14.2. The first kappa shape index (κ1) is 28.3. The number of thioether (sulfide) groups is 1. The van der Waals surface area contributed by atoms with Crippen molar-refractivity contribution in [2.24, 2.45) is 0 Å². The summed E-state index contributed by atoms with van der Waals surface area (Å²) in [5, 5.41) is 4.94. The van der Waals surface area contributed by atoms with Gasteiger partial charge in [0.1, 0.15) is 11.2 Å². The summed E-state index contributed by atoms with van der Waals surface area (Å²) in [7, 11) is 0. The normalized spacial score (nSPS) is 17.9. The molecular weight excluding hydrogens is 619 g/mol. The molecule has 0 fully saturated rings. The van der Waals surface area contributed by atoms with E-state index in [0.29, 0.717) is 22.7 Å². The van der Waals surface area contributed by atoms with Gasteiger partial charge in [-0.3, -0.25) is 0 Å². The van der Waals surface area contributed by atoms with Crippen molar-refractivity contribution < 1.29 is 4.42 Å². The molecule has 0 N–H and O–H groups in total. The Morgan fingerprint density at radius 1 is 0.592 bits per heavy atom.